The van der Waals surface area contributed by atoms with Crippen LogP contribution in [0.4, 0.5) is 26.3 Å². The molecule has 1 aliphatic rings. The molecule has 4 rings (SSSR count). The number of halogens is 6. The number of fused-ring (bicyclic) bond motifs is 1. The second-order valence-electron chi connectivity index (χ2n) is 7.86. The molecule has 0 aliphatic carbocycles. The van der Waals surface area contributed by atoms with E-state index in [9.17, 15) is 31.1 Å². The smallest absolute Gasteiger partial charge is 0.339 e. The third-order valence-electron chi connectivity index (χ3n) is 5.71. The van der Waals surface area contributed by atoms with Crippen LogP contribution in [0.2, 0.25) is 0 Å². The van der Waals surface area contributed by atoms with Crippen molar-refractivity contribution < 1.29 is 31.1 Å². The monoisotopic (exact) mass is 467 g/mol. The van der Waals surface area contributed by atoms with Gasteiger partial charge < -0.3 is 4.90 Å². The molecule has 1 aliphatic heterocycles. The molecule has 3 aromatic rings. The zero-order valence-corrected chi connectivity index (χ0v) is 17.2. The number of piperidine rings is 1. The molecule has 1 amide bonds. The minimum atomic E-state index is -4.61. The molecule has 0 radical (unpaired) electrons. The summed E-state index contributed by atoms with van der Waals surface area (Å²) in [6.07, 6.45) is -5.54. The van der Waals surface area contributed by atoms with Gasteiger partial charge in [-0.15, -0.1) is 0 Å². The van der Waals surface area contributed by atoms with E-state index in [4.69, 9.17) is 0 Å². The summed E-state index contributed by atoms with van der Waals surface area (Å²) in [5.41, 5.74) is 0.377. The molecule has 1 fully saturated rings. The van der Waals surface area contributed by atoms with Crippen molar-refractivity contribution in [2.24, 2.45) is 5.92 Å². The van der Waals surface area contributed by atoms with E-state index in [1.54, 1.807) is 34.9 Å². The molecule has 4 nitrogen and oxygen atoms in total. The van der Waals surface area contributed by atoms with Crippen LogP contribution in [0.5, 0.6) is 0 Å². The van der Waals surface area contributed by atoms with Crippen LogP contribution in [-0.4, -0.2) is 39.6 Å². The van der Waals surface area contributed by atoms with Gasteiger partial charge in [-0.25, -0.2) is 4.98 Å². The zero-order valence-electron chi connectivity index (χ0n) is 17.2. The van der Waals surface area contributed by atoms with E-state index in [1.807, 2.05) is 0 Å². The Hall–Kier alpha value is -3.30. The number of hydrogen-bond donors (Lipinski definition) is 0. The highest BCUT2D eigenvalue weighted by atomic mass is 19.4. The van der Waals surface area contributed by atoms with E-state index in [0.717, 1.165) is 18.2 Å². The number of carbonyl (C=O) groups excluding carboxylic acids is 1. The van der Waals surface area contributed by atoms with Gasteiger partial charge in [-0.05, 0) is 43.2 Å². The van der Waals surface area contributed by atoms with Gasteiger partial charge in [0, 0.05) is 30.4 Å². The number of imidazole rings is 1. The van der Waals surface area contributed by atoms with Crippen LogP contribution < -0.4 is 0 Å². The molecule has 0 unspecified atom stereocenters. The summed E-state index contributed by atoms with van der Waals surface area (Å²) in [5, 5.41) is 0. The lowest BCUT2D eigenvalue weighted by Gasteiger charge is -2.32. The third-order valence-corrected chi connectivity index (χ3v) is 5.71. The second-order valence-corrected chi connectivity index (χ2v) is 7.86. The minimum absolute atomic E-state index is 0.0622. The summed E-state index contributed by atoms with van der Waals surface area (Å²) in [6, 6.07) is 10.7. The molecule has 2 heterocycles. The van der Waals surface area contributed by atoms with Gasteiger partial charge in [0.25, 0.3) is 0 Å². The highest BCUT2D eigenvalue weighted by Gasteiger charge is 2.41. The fraction of sp³-hybridized carbons (Fsp3) is 0.304. The number of hydrogen-bond acceptors (Lipinski definition) is 2. The average Bonchev–Trinajstić information content (AvgIpc) is 3.21. The van der Waals surface area contributed by atoms with Crippen molar-refractivity contribution in [2.45, 2.75) is 25.2 Å². The van der Waals surface area contributed by atoms with Crippen LogP contribution in [0.1, 0.15) is 24.0 Å². The molecular formula is C23H19F6N3O. The highest BCUT2D eigenvalue weighted by molar-refractivity contribution is 5.95. The van der Waals surface area contributed by atoms with Crippen molar-refractivity contribution in [3.8, 4) is 5.69 Å². The first-order chi connectivity index (χ1) is 15.5. The quantitative estimate of drug-likeness (QED) is 0.358. The Labute approximate surface area is 185 Å². The van der Waals surface area contributed by atoms with Crippen molar-refractivity contribution in [3.63, 3.8) is 0 Å². The van der Waals surface area contributed by atoms with Crippen molar-refractivity contribution >= 4 is 23.0 Å². The molecule has 10 heteroatoms. The number of alkyl halides is 6. The van der Waals surface area contributed by atoms with Gasteiger partial charge in [-0.1, -0.05) is 18.2 Å². The number of para-hydroxylation sites is 1. The molecule has 33 heavy (non-hydrogen) atoms. The predicted octanol–water partition coefficient (Wildman–Crippen LogP) is 5.86. The van der Waals surface area contributed by atoms with Gasteiger partial charge in [0.1, 0.15) is 6.33 Å². The number of aromatic nitrogens is 2. The van der Waals surface area contributed by atoms with E-state index in [2.05, 4.69) is 4.98 Å². The zero-order chi connectivity index (χ0) is 23.8. The fourth-order valence-electron chi connectivity index (χ4n) is 3.95. The lowest BCUT2D eigenvalue weighted by Crippen LogP contribution is -2.41. The van der Waals surface area contributed by atoms with Crippen molar-refractivity contribution in [2.75, 3.05) is 13.1 Å². The summed E-state index contributed by atoms with van der Waals surface area (Å²) >= 11 is 0. The van der Waals surface area contributed by atoms with Gasteiger partial charge in [-0.3, -0.25) is 9.36 Å². The Morgan fingerprint density at radius 1 is 1.00 bits per heavy atom. The normalized spacial score (nSPS) is 16.1. The molecule has 174 valence electrons. The van der Waals surface area contributed by atoms with Crippen LogP contribution in [0.25, 0.3) is 22.8 Å². The maximum Gasteiger partial charge on any atom is 0.416 e. The van der Waals surface area contributed by atoms with Crippen LogP contribution in [0.3, 0.4) is 0 Å². The molecule has 0 bridgehead atoms. The largest absolute Gasteiger partial charge is 0.416 e. The second kappa shape index (κ2) is 8.57. The van der Waals surface area contributed by atoms with Crippen LogP contribution in [-0.2, 0) is 11.0 Å². The van der Waals surface area contributed by atoms with E-state index < -0.39 is 29.7 Å². The number of carbonyl (C=O) groups is 1. The molecule has 1 saturated heterocycles. The Morgan fingerprint density at radius 2 is 1.67 bits per heavy atom. The lowest BCUT2D eigenvalue weighted by molar-refractivity contribution is -0.186. The van der Waals surface area contributed by atoms with Crippen molar-refractivity contribution in [1.29, 1.82) is 0 Å². The number of rotatable bonds is 3. The standard InChI is InChI=1S/C23H19F6N3O/c24-22(25,26)16-8-10-31(11-9-16)20(33)7-6-15-12-17(23(27,28)29)13-19-21(15)32(14-30-19)18-4-2-1-3-5-18/h1-7,12-14,16H,8-11H2/b7-6-. The number of nitrogens with zero attached hydrogens (tertiary/aromatic N) is 3. The van der Waals surface area contributed by atoms with Crippen LogP contribution >= 0.6 is 0 Å². The van der Waals surface area contributed by atoms with E-state index in [1.165, 1.54) is 17.3 Å². The first kappa shape index (κ1) is 22.9. The summed E-state index contributed by atoms with van der Waals surface area (Å²) in [4.78, 5) is 17.9. The van der Waals surface area contributed by atoms with E-state index >= 15 is 0 Å². The molecule has 0 N–H and O–H groups in total. The van der Waals surface area contributed by atoms with Gasteiger partial charge >= 0.3 is 12.4 Å². The summed E-state index contributed by atoms with van der Waals surface area (Å²) < 4.78 is 80.4. The van der Waals surface area contributed by atoms with Crippen molar-refractivity contribution in [3.05, 3.63) is 66.0 Å². The van der Waals surface area contributed by atoms with Crippen LogP contribution in [0, 0.1) is 5.92 Å². The van der Waals surface area contributed by atoms with Gasteiger partial charge in [0.15, 0.2) is 0 Å². The number of amides is 1. The van der Waals surface area contributed by atoms with E-state index in [0.29, 0.717) is 11.2 Å². The maximum absolute atomic E-state index is 13.4. The first-order valence-electron chi connectivity index (χ1n) is 10.2. The van der Waals surface area contributed by atoms with Crippen molar-refractivity contribution in [1.82, 2.24) is 14.5 Å². The van der Waals surface area contributed by atoms with Gasteiger partial charge in [0.05, 0.1) is 22.5 Å². The number of likely N-dealkylation sites (tertiary alicyclic amines) is 1. The molecule has 2 aromatic carbocycles. The topological polar surface area (TPSA) is 38.1 Å². The predicted molar refractivity (Wildman–Crippen MR) is 110 cm³/mol. The summed E-state index contributed by atoms with van der Waals surface area (Å²) in [6.45, 7) is -0.124. The Morgan fingerprint density at radius 3 is 2.27 bits per heavy atom. The Kier molecular flexibility index (Phi) is 5.94. The molecular weight excluding hydrogens is 448 g/mol. The fourth-order valence-corrected chi connectivity index (χ4v) is 3.95. The molecule has 0 spiro atoms. The lowest BCUT2D eigenvalue weighted by atomic mass is 9.96. The Balaban J connectivity index is 1.66. The average molecular weight is 467 g/mol. The van der Waals surface area contributed by atoms with E-state index in [-0.39, 0.29) is 37.0 Å². The highest BCUT2D eigenvalue weighted by Crippen LogP contribution is 2.35. The SMILES string of the molecule is O=C(/C=C\c1cc(C(F)(F)F)cc2ncn(-c3ccccc3)c12)N1CCC(C(F)(F)F)CC1. The Bertz CT molecular complexity index is 1170. The molecule has 1 aromatic heterocycles. The van der Waals surface area contributed by atoms with Gasteiger partial charge in [0.2, 0.25) is 5.91 Å². The summed E-state index contributed by atoms with van der Waals surface area (Å²) in [5.74, 6) is -2.00. The molecule has 0 atom stereocenters. The van der Waals surface area contributed by atoms with Gasteiger partial charge in [-0.2, -0.15) is 26.3 Å². The maximum atomic E-state index is 13.4. The first-order valence-corrected chi connectivity index (χ1v) is 10.2. The third kappa shape index (κ3) is 4.89. The van der Waals surface area contributed by atoms with Crippen LogP contribution in [0.15, 0.2) is 54.9 Å². The minimum Gasteiger partial charge on any atom is -0.339 e. The molecule has 0 saturated carbocycles. The summed E-state index contributed by atoms with van der Waals surface area (Å²) in [7, 11) is 0. The number of benzene rings is 2.